The van der Waals surface area contributed by atoms with Gasteiger partial charge in [0.1, 0.15) is 5.78 Å². The van der Waals surface area contributed by atoms with Gasteiger partial charge in [-0.3, -0.25) is 9.78 Å². The number of carbonyl (C=O) groups is 1. The molecule has 2 rings (SSSR count). The number of aromatic nitrogens is 1. The maximum atomic E-state index is 11.8. The van der Waals surface area contributed by atoms with Crippen LogP contribution in [0.1, 0.15) is 44.2 Å². The molecule has 0 saturated heterocycles. The lowest BCUT2D eigenvalue weighted by molar-refractivity contribution is -0.118. The standard InChI is InChI=1S/C14H18BrNO/c15-12-6-7-13(16-10-12)9-14(17)8-5-11-3-1-2-4-11/h6-7,10-11H,1-5,8-9H2. The number of hydrogen-bond donors (Lipinski definition) is 0. The van der Waals surface area contributed by atoms with E-state index >= 15 is 0 Å². The van der Waals surface area contributed by atoms with Crippen LogP contribution in [-0.2, 0) is 11.2 Å². The van der Waals surface area contributed by atoms with Crippen molar-refractivity contribution in [3.8, 4) is 0 Å². The van der Waals surface area contributed by atoms with Gasteiger partial charge in [-0.15, -0.1) is 0 Å². The zero-order valence-corrected chi connectivity index (χ0v) is 11.6. The van der Waals surface area contributed by atoms with Gasteiger partial charge < -0.3 is 0 Å². The molecular weight excluding hydrogens is 278 g/mol. The van der Waals surface area contributed by atoms with Crippen molar-refractivity contribution in [2.24, 2.45) is 5.92 Å². The predicted molar refractivity (Wildman–Crippen MR) is 71.8 cm³/mol. The minimum atomic E-state index is 0.326. The minimum absolute atomic E-state index is 0.326. The average Bonchev–Trinajstić information content (AvgIpc) is 2.83. The fourth-order valence-electron chi connectivity index (χ4n) is 2.47. The summed E-state index contributed by atoms with van der Waals surface area (Å²) >= 11 is 3.34. The summed E-state index contributed by atoms with van der Waals surface area (Å²) in [5.41, 5.74) is 0.879. The van der Waals surface area contributed by atoms with E-state index in [1.165, 1.54) is 25.7 Å². The van der Waals surface area contributed by atoms with Crippen molar-refractivity contribution in [1.29, 1.82) is 0 Å². The third-order valence-corrected chi connectivity index (χ3v) is 3.94. The third kappa shape index (κ3) is 4.23. The first-order valence-corrected chi connectivity index (χ1v) is 7.15. The highest BCUT2D eigenvalue weighted by Gasteiger charge is 2.16. The first-order valence-electron chi connectivity index (χ1n) is 6.36. The Bertz CT molecular complexity index is 368. The number of pyridine rings is 1. The fraction of sp³-hybridized carbons (Fsp3) is 0.571. The zero-order valence-electron chi connectivity index (χ0n) is 9.99. The van der Waals surface area contributed by atoms with Crippen molar-refractivity contribution in [2.45, 2.75) is 44.9 Å². The first-order chi connectivity index (χ1) is 8.24. The van der Waals surface area contributed by atoms with Crippen LogP contribution in [0.5, 0.6) is 0 Å². The van der Waals surface area contributed by atoms with Gasteiger partial charge in [0.25, 0.3) is 0 Å². The van der Waals surface area contributed by atoms with E-state index in [4.69, 9.17) is 0 Å². The topological polar surface area (TPSA) is 30.0 Å². The van der Waals surface area contributed by atoms with Crippen molar-refractivity contribution >= 4 is 21.7 Å². The van der Waals surface area contributed by atoms with E-state index in [1.807, 2.05) is 12.1 Å². The fourth-order valence-corrected chi connectivity index (χ4v) is 2.70. The summed E-state index contributed by atoms with van der Waals surface area (Å²) in [5, 5.41) is 0. The lowest BCUT2D eigenvalue weighted by atomic mass is 9.99. The molecule has 1 aliphatic carbocycles. The Morgan fingerprint density at radius 3 is 2.76 bits per heavy atom. The SMILES string of the molecule is O=C(CCC1CCCC1)Cc1ccc(Br)cn1. The van der Waals surface area contributed by atoms with Crippen molar-refractivity contribution < 1.29 is 4.79 Å². The molecule has 0 unspecified atom stereocenters. The van der Waals surface area contributed by atoms with Crippen LogP contribution in [0.4, 0.5) is 0 Å². The first kappa shape index (κ1) is 12.7. The Morgan fingerprint density at radius 1 is 1.35 bits per heavy atom. The van der Waals surface area contributed by atoms with Gasteiger partial charge in [0, 0.05) is 29.2 Å². The van der Waals surface area contributed by atoms with E-state index in [2.05, 4.69) is 20.9 Å². The number of rotatable bonds is 5. The van der Waals surface area contributed by atoms with Crippen LogP contribution in [0, 0.1) is 5.92 Å². The molecule has 1 aromatic heterocycles. The third-order valence-electron chi connectivity index (χ3n) is 3.47. The van der Waals surface area contributed by atoms with E-state index < -0.39 is 0 Å². The second-order valence-corrected chi connectivity index (χ2v) is 5.79. The highest BCUT2D eigenvalue weighted by atomic mass is 79.9. The molecule has 1 aromatic rings. The molecule has 0 aromatic carbocycles. The number of Topliss-reactive ketones (excluding diaryl/α,β-unsaturated/α-hetero) is 1. The lowest BCUT2D eigenvalue weighted by Crippen LogP contribution is -2.06. The molecule has 1 fully saturated rings. The maximum absolute atomic E-state index is 11.8. The van der Waals surface area contributed by atoms with Crippen LogP contribution >= 0.6 is 15.9 Å². The maximum Gasteiger partial charge on any atom is 0.138 e. The molecule has 0 bridgehead atoms. The van der Waals surface area contributed by atoms with Gasteiger partial charge in [-0.2, -0.15) is 0 Å². The summed E-state index contributed by atoms with van der Waals surface area (Å²) in [5.74, 6) is 1.13. The van der Waals surface area contributed by atoms with Crippen molar-refractivity contribution in [3.63, 3.8) is 0 Å². The summed E-state index contributed by atoms with van der Waals surface area (Å²) < 4.78 is 0.958. The lowest BCUT2D eigenvalue weighted by Gasteiger charge is -2.07. The van der Waals surface area contributed by atoms with Crippen LogP contribution in [0.15, 0.2) is 22.8 Å². The van der Waals surface area contributed by atoms with Gasteiger partial charge in [0.2, 0.25) is 0 Å². The van der Waals surface area contributed by atoms with E-state index in [-0.39, 0.29) is 0 Å². The number of halogens is 1. The van der Waals surface area contributed by atoms with Crippen molar-refractivity contribution in [3.05, 3.63) is 28.5 Å². The number of ketones is 1. The van der Waals surface area contributed by atoms with Gasteiger partial charge >= 0.3 is 0 Å². The minimum Gasteiger partial charge on any atom is -0.299 e. The number of nitrogens with zero attached hydrogens (tertiary/aromatic N) is 1. The molecule has 0 radical (unpaired) electrons. The Balaban J connectivity index is 1.74. The molecule has 17 heavy (non-hydrogen) atoms. The monoisotopic (exact) mass is 295 g/mol. The molecule has 3 heteroatoms. The Labute approximate surface area is 111 Å². The molecule has 0 spiro atoms. The highest BCUT2D eigenvalue weighted by molar-refractivity contribution is 9.10. The molecule has 0 aliphatic heterocycles. The molecule has 1 saturated carbocycles. The smallest absolute Gasteiger partial charge is 0.138 e. The van der Waals surface area contributed by atoms with E-state index in [9.17, 15) is 4.79 Å². The normalized spacial score (nSPS) is 16.3. The summed E-state index contributed by atoms with van der Waals surface area (Å²) in [6.07, 6.45) is 9.39. The summed E-state index contributed by atoms with van der Waals surface area (Å²) in [4.78, 5) is 16.0. The van der Waals surface area contributed by atoms with Gasteiger partial charge in [0.15, 0.2) is 0 Å². The van der Waals surface area contributed by atoms with Gasteiger partial charge in [-0.25, -0.2) is 0 Å². The molecule has 92 valence electrons. The van der Waals surface area contributed by atoms with Crippen LogP contribution in [0.2, 0.25) is 0 Å². The quantitative estimate of drug-likeness (QED) is 0.824. The second kappa shape index (κ2) is 6.29. The Hall–Kier alpha value is -0.700. The van der Waals surface area contributed by atoms with Crippen LogP contribution in [-0.4, -0.2) is 10.8 Å². The molecule has 0 atom stereocenters. The summed E-state index contributed by atoms with van der Waals surface area (Å²) in [6, 6.07) is 3.85. The Morgan fingerprint density at radius 2 is 2.12 bits per heavy atom. The molecule has 2 nitrogen and oxygen atoms in total. The molecular formula is C14H18BrNO. The van der Waals surface area contributed by atoms with Crippen LogP contribution < -0.4 is 0 Å². The van der Waals surface area contributed by atoms with Crippen molar-refractivity contribution in [2.75, 3.05) is 0 Å². The summed E-state index contributed by atoms with van der Waals surface area (Å²) in [7, 11) is 0. The molecule has 1 heterocycles. The van der Waals surface area contributed by atoms with Crippen LogP contribution in [0.3, 0.4) is 0 Å². The Kier molecular flexibility index (Phi) is 4.72. The molecule has 0 N–H and O–H groups in total. The average molecular weight is 296 g/mol. The van der Waals surface area contributed by atoms with Gasteiger partial charge in [0.05, 0.1) is 0 Å². The number of carbonyl (C=O) groups excluding carboxylic acids is 1. The molecule has 1 aliphatic rings. The van der Waals surface area contributed by atoms with E-state index in [0.29, 0.717) is 12.2 Å². The zero-order chi connectivity index (χ0) is 12.1. The predicted octanol–water partition coefficient (Wildman–Crippen LogP) is 3.93. The van der Waals surface area contributed by atoms with Crippen molar-refractivity contribution in [1.82, 2.24) is 4.98 Å². The highest BCUT2D eigenvalue weighted by Crippen LogP contribution is 2.28. The van der Waals surface area contributed by atoms with Gasteiger partial charge in [-0.05, 0) is 40.4 Å². The number of hydrogen-bond acceptors (Lipinski definition) is 2. The largest absolute Gasteiger partial charge is 0.299 e. The second-order valence-electron chi connectivity index (χ2n) is 4.87. The van der Waals surface area contributed by atoms with Gasteiger partial charge in [-0.1, -0.05) is 25.7 Å². The van der Waals surface area contributed by atoms with E-state index in [1.54, 1.807) is 6.20 Å². The summed E-state index contributed by atoms with van der Waals surface area (Å²) in [6.45, 7) is 0. The molecule has 0 amide bonds. The van der Waals surface area contributed by atoms with E-state index in [0.717, 1.165) is 28.9 Å². The van der Waals surface area contributed by atoms with Crippen LogP contribution in [0.25, 0.3) is 0 Å².